The molecule has 1 atom stereocenters. The average Bonchev–Trinajstić information content (AvgIpc) is 3.13. The first kappa shape index (κ1) is 21.5. The molecule has 1 aromatic carbocycles. The van der Waals surface area contributed by atoms with Gasteiger partial charge in [-0.3, -0.25) is 9.59 Å². The molecule has 2 heterocycles. The second-order valence-electron chi connectivity index (χ2n) is 6.75. The predicted octanol–water partition coefficient (Wildman–Crippen LogP) is 2.55. The number of halogens is 4. The van der Waals surface area contributed by atoms with Gasteiger partial charge >= 0.3 is 6.18 Å². The van der Waals surface area contributed by atoms with E-state index in [-0.39, 0.29) is 29.9 Å². The number of rotatable bonds is 3. The third-order valence-electron chi connectivity index (χ3n) is 4.94. The van der Waals surface area contributed by atoms with E-state index >= 15 is 0 Å². The summed E-state index contributed by atoms with van der Waals surface area (Å²) in [6, 6.07) is 4.69. The van der Waals surface area contributed by atoms with Crippen molar-refractivity contribution in [2.75, 3.05) is 32.7 Å². The Balaban J connectivity index is 0.00000261. The lowest BCUT2D eigenvalue weighted by Crippen LogP contribution is -2.51. The van der Waals surface area contributed by atoms with Crippen molar-refractivity contribution in [1.29, 1.82) is 0 Å². The van der Waals surface area contributed by atoms with Gasteiger partial charge in [-0.25, -0.2) is 0 Å². The number of nitrogens with zero attached hydrogens (tertiary/aromatic N) is 2. The standard InChI is InChI=1S/C18H22F3N3O2.ClH/c19-18(20,21)14-4-1-3-13(11-14)17(26)24-9-7-23(8-10-24)16(25)12-15-5-2-6-22-15;/h1,3-4,11,15,22H,2,5-10,12H2;1H. The largest absolute Gasteiger partial charge is 0.416 e. The number of amides is 2. The number of hydrogen-bond donors (Lipinski definition) is 1. The van der Waals surface area contributed by atoms with E-state index in [0.717, 1.165) is 31.5 Å². The van der Waals surface area contributed by atoms with Crippen molar-refractivity contribution >= 4 is 24.2 Å². The molecule has 0 saturated carbocycles. The molecule has 1 aromatic rings. The number of carbonyl (C=O) groups is 2. The molecule has 2 aliphatic rings. The van der Waals surface area contributed by atoms with Gasteiger partial charge < -0.3 is 15.1 Å². The Hall–Kier alpha value is -1.80. The molecule has 2 amide bonds. The average molecular weight is 406 g/mol. The Morgan fingerprint density at radius 3 is 2.37 bits per heavy atom. The zero-order chi connectivity index (χ0) is 18.7. The fourth-order valence-corrected chi connectivity index (χ4v) is 3.44. The van der Waals surface area contributed by atoms with Gasteiger partial charge in [0.05, 0.1) is 5.56 Å². The van der Waals surface area contributed by atoms with Gasteiger partial charge in [0, 0.05) is 44.2 Å². The smallest absolute Gasteiger partial charge is 0.339 e. The Kier molecular flexibility index (Phi) is 7.11. The number of nitrogens with one attached hydrogen (secondary N) is 1. The molecule has 1 N–H and O–H groups in total. The van der Waals surface area contributed by atoms with E-state index < -0.39 is 17.6 Å². The monoisotopic (exact) mass is 405 g/mol. The highest BCUT2D eigenvalue weighted by atomic mass is 35.5. The normalized spacial score (nSPS) is 20.3. The molecule has 9 heteroatoms. The minimum atomic E-state index is -4.48. The van der Waals surface area contributed by atoms with E-state index in [1.165, 1.54) is 17.0 Å². The van der Waals surface area contributed by atoms with Gasteiger partial charge in [0.15, 0.2) is 0 Å². The highest BCUT2D eigenvalue weighted by Crippen LogP contribution is 2.29. The molecular weight excluding hydrogens is 383 g/mol. The fourth-order valence-electron chi connectivity index (χ4n) is 3.44. The van der Waals surface area contributed by atoms with Crippen LogP contribution < -0.4 is 5.32 Å². The topological polar surface area (TPSA) is 52.7 Å². The maximum atomic E-state index is 12.8. The number of hydrogen-bond acceptors (Lipinski definition) is 3. The molecule has 2 fully saturated rings. The first-order valence-corrected chi connectivity index (χ1v) is 8.82. The van der Waals surface area contributed by atoms with Gasteiger partial charge in [0.25, 0.3) is 5.91 Å². The highest BCUT2D eigenvalue weighted by Gasteiger charge is 2.32. The molecule has 150 valence electrons. The van der Waals surface area contributed by atoms with E-state index in [4.69, 9.17) is 0 Å². The first-order valence-electron chi connectivity index (χ1n) is 8.82. The Labute approximate surface area is 162 Å². The lowest BCUT2D eigenvalue weighted by atomic mass is 10.1. The molecular formula is C18H23ClF3N3O2. The second kappa shape index (κ2) is 8.93. The number of piperazine rings is 1. The maximum absolute atomic E-state index is 12.8. The quantitative estimate of drug-likeness (QED) is 0.841. The van der Waals surface area contributed by atoms with Crippen LogP contribution in [0.1, 0.15) is 35.2 Å². The molecule has 27 heavy (non-hydrogen) atoms. The maximum Gasteiger partial charge on any atom is 0.416 e. The third kappa shape index (κ3) is 5.35. The third-order valence-corrected chi connectivity index (χ3v) is 4.94. The molecule has 3 rings (SSSR count). The Bertz CT molecular complexity index is 670. The van der Waals surface area contributed by atoms with Crippen LogP contribution in [-0.2, 0) is 11.0 Å². The van der Waals surface area contributed by atoms with Crippen molar-refractivity contribution < 1.29 is 22.8 Å². The van der Waals surface area contributed by atoms with Gasteiger partial charge in [-0.1, -0.05) is 6.07 Å². The van der Waals surface area contributed by atoms with Gasteiger partial charge in [-0.05, 0) is 37.6 Å². The predicted molar refractivity (Wildman–Crippen MR) is 96.8 cm³/mol. The lowest BCUT2D eigenvalue weighted by molar-refractivity contribution is -0.137. The van der Waals surface area contributed by atoms with Gasteiger partial charge in [-0.15, -0.1) is 12.4 Å². The van der Waals surface area contributed by atoms with E-state index in [1.54, 1.807) is 4.90 Å². The summed E-state index contributed by atoms with van der Waals surface area (Å²) in [4.78, 5) is 28.0. The highest BCUT2D eigenvalue weighted by molar-refractivity contribution is 5.94. The first-order chi connectivity index (χ1) is 12.3. The van der Waals surface area contributed by atoms with Crippen LogP contribution in [0.25, 0.3) is 0 Å². The van der Waals surface area contributed by atoms with Crippen LogP contribution in [0.15, 0.2) is 24.3 Å². The van der Waals surface area contributed by atoms with Crippen molar-refractivity contribution in [2.45, 2.75) is 31.5 Å². The lowest BCUT2D eigenvalue weighted by Gasteiger charge is -2.35. The van der Waals surface area contributed by atoms with E-state index in [2.05, 4.69) is 5.32 Å². The van der Waals surface area contributed by atoms with E-state index in [0.29, 0.717) is 32.6 Å². The van der Waals surface area contributed by atoms with Gasteiger partial charge in [0.1, 0.15) is 0 Å². The zero-order valence-corrected chi connectivity index (χ0v) is 15.6. The van der Waals surface area contributed by atoms with Crippen LogP contribution in [0, 0.1) is 0 Å². The van der Waals surface area contributed by atoms with Crippen LogP contribution in [0.2, 0.25) is 0 Å². The van der Waals surface area contributed by atoms with Crippen molar-refractivity contribution in [3.8, 4) is 0 Å². The van der Waals surface area contributed by atoms with Crippen molar-refractivity contribution in [3.05, 3.63) is 35.4 Å². The molecule has 0 bridgehead atoms. The summed E-state index contributed by atoms with van der Waals surface area (Å²) in [7, 11) is 0. The van der Waals surface area contributed by atoms with E-state index in [1.807, 2.05) is 0 Å². The summed E-state index contributed by atoms with van der Waals surface area (Å²) in [5, 5.41) is 3.29. The number of carbonyl (C=O) groups excluding carboxylic acids is 2. The van der Waals surface area contributed by atoms with Gasteiger partial charge in [-0.2, -0.15) is 13.2 Å². The van der Waals surface area contributed by atoms with Crippen LogP contribution in [-0.4, -0.2) is 60.4 Å². The summed E-state index contributed by atoms with van der Waals surface area (Å²) in [5.74, 6) is -0.365. The number of alkyl halides is 3. The SMILES string of the molecule is Cl.O=C(CC1CCCN1)N1CCN(C(=O)c2cccc(C(F)(F)F)c2)CC1. The molecule has 2 aliphatic heterocycles. The summed E-state index contributed by atoms with van der Waals surface area (Å²) in [6.45, 7) is 2.43. The van der Waals surface area contributed by atoms with E-state index in [9.17, 15) is 22.8 Å². The minimum Gasteiger partial charge on any atom is -0.339 e. The van der Waals surface area contributed by atoms with Crippen molar-refractivity contribution in [1.82, 2.24) is 15.1 Å². The number of benzene rings is 1. The summed E-state index contributed by atoms with van der Waals surface area (Å²) in [5.41, 5.74) is -0.809. The summed E-state index contributed by atoms with van der Waals surface area (Å²) >= 11 is 0. The minimum absolute atomic E-state index is 0. The molecule has 5 nitrogen and oxygen atoms in total. The molecule has 2 saturated heterocycles. The molecule has 0 spiro atoms. The molecule has 1 unspecified atom stereocenters. The van der Waals surface area contributed by atoms with Crippen molar-refractivity contribution in [3.63, 3.8) is 0 Å². The Morgan fingerprint density at radius 2 is 1.78 bits per heavy atom. The van der Waals surface area contributed by atoms with Crippen molar-refractivity contribution in [2.24, 2.45) is 0 Å². The van der Waals surface area contributed by atoms with Crippen LogP contribution in [0.3, 0.4) is 0 Å². The molecule has 0 aliphatic carbocycles. The van der Waals surface area contributed by atoms with Crippen LogP contribution in [0.4, 0.5) is 13.2 Å². The molecule has 0 radical (unpaired) electrons. The summed E-state index contributed by atoms with van der Waals surface area (Å²) in [6.07, 6.45) is -1.94. The van der Waals surface area contributed by atoms with Crippen LogP contribution >= 0.6 is 12.4 Å². The fraction of sp³-hybridized carbons (Fsp3) is 0.556. The van der Waals surface area contributed by atoms with Gasteiger partial charge in [0.2, 0.25) is 5.91 Å². The zero-order valence-electron chi connectivity index (χ0n) is 14.8. The Morgan fingerprint density at radius 1 is 1.11 bits per heavy atom. The summed E-state index contributed by atoms with van der Waals surface area (Å²) < 4.78 is 38.4. The van der Waals surface area contributed by atoms with Crippen LogP contribution in [0.5, 0.6) is 0 Å². The molecule has 0 aromatic heterocycles. The second-order valence-corrected chi connectivity index (χ2v) is 6.75.